The van der Waals surface area contributed by atoms with Crippen LogP contribution in [0.3, 0.4) is 0 Å². The standard InChI is InChI=1S/C20H28N2O4/c1-20(2,15-8-9-16-17(11-15)26-13-25-16)22-19(24)12-21-18(23)10-14-6-4-3-5-7-14/h8-9,11,14H,3-7,10,12-13H2,1-2H3,(H,21,23)(H,22,24). The Labute approximate surface area is 154 Å². The van der Waals surface area contributed by atoms with E-state index in [1.54, 1.807) is 0 Å². The summed E-state index contributed by atoms with van der Waals surface area (Å²) < 4.78 is 10.7. The van der Waals surface area contributed by atoms with E-state index in [-0.39, 0.29) is 25.2 Å². The molecule has 2 N–H and O–H groups in total. The molecule has 6 nitrogen and oxygen atoms in total. The summed E-state index contributed by atoms with van der Waals surface area (Å²) in [7, 11) is 0. The predicted molar refractivity (Wildman–Crippen MR) is 97.9 cm³/mol. The fourth-order valence-corrected chi connectivity index (χ4v) is 3.65. The third-order valence-corrected chi connectivity index (χ3v) is 5.19. The van der Waals surface area contributed by atoms with E-state index in [2.05, 4.69) is 10.6 Å². The second-order valence-electron chi connectivity index (χ2n) is 7.73. The van der Waals surface area contributed by atoms with Gasteiger partial charge < -0.3 is 20.1 Å². The van der Waals surface area contributed by atoms with Crippen molar-refractivity contribution in [2.75, 3.05) is 13.3 Å². The van der Waals surface area contributed by atoms with E-state index in [1.807, 2.05) is 32.0 Å². The third-order valence-electron chi connectivity index (χ3n) is 5.19. The highest BCUT2D eigenvalue weighted by atomic mass is 16.7. The van der Waals surface area contributed by atoms with Gasteiger partial charge in [-0.1, -0.05) is 25.3 Å². The highest BCUT2D eigenvalue weighted by molar-refractivity contribution is 5.85. The van der Waals surface area contributed by atoms with Gasteiger partial charge in [0.1, 0.15) is 0 Å². The molecule has 1 heterocycles. The zero-order chi connectivity index (χ0) is 18.6. The summed E-state index contributed by atoms with van der Waals surface area (Å²) in [6.45, 7) is 4.07. The molecule has 1 aliphatic carbocycles. The van der Waals surface area contributed by atoms with Crippen LogP contribution in [0.2, 0.25) is 0 Å². The number of hydrogen-bond donors (Lipinski definition) is 2. The quantitative estimate of drug-likeness (QED) is 0.818. The molecule has 2 amide bonds. The Morgan fingerprint density at radius 3 is 2.58 bits per heavy atom. The molecule has 0 saturated heterocycles. The first-order valence-electron chi connectivity index (χ1n) is 9.42. The number of hydrogen-bond acceptors (Lipinski definition) is 4. The summed E-state index contributed by atoms with van der Waals surface area (Å²) >= 11 is 0. The molecular weight excluding hydrogens is 332 g/mol. The molecule has 0 aromatic heterocycles. The summed E-state index contributed by atoms with van der Waals surface area (Å²) in [6.07, 6.45) is 6.46. The summed E-state index contributed by atoms with van der Waals surface area (Å²) in [5.74, 6) is 1.63. The summed E-state index contributed by atoms with van der Waals surface area (Å²) in [4.78, 5) is 24.3. The van der Waals surface area contributed by atoms with E-state index in [1.165, 1.54) is 19.3 Å². The first-order chi connectivity index (χ1) is 12.4. The lowest BCUT2D eigenvalue weighted by Crippen LogP contribution is -2.46. The van der Waals surface area contributed by atoms with Gasteiger partial charge in [0, 0.05) is 6.42 Å². The van der Waals surface area contributed by atoms with Gasteiger partial charge in [0.15, 0.2) is 11.5 Å². The van der Waals surface area contributed by atoms with Gasteiger partial charge in [0.2, 0.25) is 18.6 Å². The molecule has 6 heteroatoms. The molecule has 0 spiro atoms. The van der Waals surface area contributed by atoms with Gasteiger partial charge >= 0.3 is 0 Å². The number of amides is 2. The first kappa shape index (κ1) is 18.5. The molecule has 0 bridgehead atoms. The van der Waals surface area contributed by atoms with Crippen LogP contribution in [-0.2, 0) is 15.1 Å². The Morgan fingerprint density at radius 2 is 1.81 bits per heavy atom. The molecule has 26 heavy (non-hydrogen) atoms. The van der Waals surface area contributed by atoms with Crippen LogP contribution < -0.4 is 20.1 Å². The second kappa shape index (κ2) is 7.98. The number of benzene rings is 1. The van der Waals surface area contributed by atoms with Gasteiger partial charge in [0.05, 0.1) is 12.1 Å². The minimum absolute atomic E-state index is 0.000461. The van der Waals surface area contributed by atoms with Crippen molar-refractivity contribution >= 4 is 11.8 Å². The molecule has 3 rings (SSSR count). The normalized spacial score (nSPS) is 17.0. The Morgan fingerprint density at radius 1 is 1.08 bits per heavy atom. The number of carbonyl (C=O) groups is 2. The fraction of sp³-hybridized carbons (Fsp3) is 0.600. The maximum Gasteiger partial charge on any atom is 0.240 e. The van der Waals surface area contributed by atoms with Crippen molar-refractivity contribution in [3.05, 3.63) is 23.8 Å². The van der Waals surface area contributed by atoms with Crippen LogP contribution in [-0.4, -0.2) is 25.2 Å². The number of ether oxygens (including phenoxy) is 2. The zero-order valence-corrected chi connectivity index (χ0v) is 15.6. The van der Waals surface area contributed by atoms with Gasteiger partial charge in [-0.2, -0.15) is 0 Å². The minimum Gasteiger partial charge on any atom is -0.454 e. The van der Waals surface area contributed by atoms with E-state index in [0.717, 1.165) is 18.4 Å². The number of rotatable bonds is 6. The minimum atomic E-state index is -0.577. The molecule has 0 unspecified atom stereocenters. The SMILES string of the molecule is CC(C)(NC(=O)CNC(=O)CC1CCCCC1)c1ccc2c(c1)OCO2. The highest BCUT2D eigenvalue weighted by Crippen LogP contribution is 2.35. The maximum atomic E-state index is 12.3. The van der Waals surface area contributed by atoms with Crippen molar-refractivity contribution in [2.24, 2.45) is 5.92 Å². The predicted octanol–water partition coefficient (Wildman–Crippen LogP) is 2.85. The zero-order valence-electron chi connectivity index (χ0n) is 15.6. The van der Waals surface area contributed by atoms with Crippen LogP contribution >= 0.6 is 0 Å². The molecule has 0 radical (unpaired) electrons. The Hall–Kier alpha value is -2.24. The van der Waals surface area contributed by atoms with E-state index in [0.29, 0.717) is 23.8 Å². The van der Waals surface area contributed by atoms with Crippen LogP contribution in [0.4, 0.5) is 0 Å². The second-order valence-corrected chi connectivity index (χ2v) is 7.73. The van der Waals surface area contributed by atoms with Crippen molar-refractivity contribution in [3.63, 3.8) is 0 Å². The summed E-state index contributed by atoms with van der Waals surface area (Å²) in [6, 6.07) is 5.64. The molecule has 1 aliphatic heterocycles. The lowest BCUT2D eigenvalue weighted by atomic mass is 9.87. The molecule has 1 saturated carbocycles. The van der Waals surface area contributed by atoms with Crippen molar-refractivity contribution in [1.82, 2.24) is 10.6 Å². The third kappa shape index (κ3) is 4.68. The van der Waals surface area contributed by atoms with E-state index >= 15 is 0 Å². The van der Waals surface area contributed by atoms with Crippen molar-refractivity contribution in [2.45, 2.75) is 57.9 Å². The van der Waals surface area contributed by atoms with Gasteiger partial charge in [-0.25, -0.2) is 0 Å². The van der Waals surface area contributed by atoms with Crippen LogP contribution in [0.25, 0.3) is 0 Å². The van der Waals surface area contributed by atoms with Crippen LogP contribution in [0.15, 0.2) is 18.2 Å². The van der Waals surface area contributed by atoms with Crippen molar-refractivity contribution < 1.29 is 19.1 Å². The first-order valence-corrected chi connectivity index (χ1v) is 9.42. The fourth-order valence-electron chi connectivity index (χ4n) is 3.65. The van der Waals surface area contributed by atoms with E-state index in [9.17, 15) is 9.59 Å². The van der Waals surface area contributed by atoms with Crippen molar-refractivity contribution in [1.29, 1.82) is 0 Å². The van der Waals surface area contributed by atoms with Crippen LogP contribution in [0, 0.1) is 5.92 Å². The summed E-state index contributed by atoms with van der Waals surface area (Å²) in [5.41, 5.74) is 0.343. The van der Waals surface area contributed by atoms with Gasteiger partial charge in [-0.05, 0) is 50.3 Å². The average molecular weight is 360 g/mol. The Kier molecular flexibility index (Phi) is 5.69. The molecular formula is C20H28N2O4. The largest absolute Gasteiger partial charge is 0.454 e. The van der Waals surface area contributed by atoms with Gasteiger partial charge in [-0.3, -0.25) is 9.59 Å². The van der Waals surface area contributed by atoms with Gasteiger partial charge in [-0.15, -0.1) is 0 Å². The van der Waals surface area contributed by atoms with Crippen LogP contribution in [0.5, 0.6) is 11.5 Å². The van der Waals surface area contributed by atoms with Crippen molar-refractivity contribution in [3.8, 4) is 11.5 Å². The monoisotopic (exact) mass is 360 g/mol. The van der Waals surface area contributed by atoms with Gasteiger partial charge in [0.25, 0.3) is 0 Å². The maximum absolute atomic E-state index is 12.3. The molecule has 1 fully saturated rings. The lowest BCUT2D eigenvalue weighted by molar-refractivity contribution is -0.127. The Bertz CT molecular complexity index is 666. The number of fused-ring (bicyclic) bond motifs is 1. The molecule has 1 aromatic rings. The number of carbonyl (C=O) groups excluding carboxylic acids is 2. The molecule has 2 aliphatic rings. The number of nitrogens with one attached hydrogen (secondary N) is 2. The average Bonchev–Trinajstić information content (AvgIpc) is 3.08. The lowest BCUT2D eigenvalue weighted by Gasteiger charge is -2.27. The van der Waals surface area contributed by atoms with Crippen LogP contribution in [0.1, 0.15) is 57.9 Å². The topological polar surface area (TPSA) is 76.7 Å². The summed E-state index contributed by atoms with van der Waals surface area (Å²) in [5, 5.41) is 5.72. The molecule has 1 aromatic carbocycles. The molecule has 142 valence electrons. The smallest absolute Gasteiger partial charge is 0.240 e. The Balaban J connectivity index is 1.48. The highest BCUT2D eigenvalue weighted by Gasteiger charge is 2.26. The molecule has 0 atom stereocenters. The van der Waals surface area contributed by atoms with E-state index in [4.69, 9.17) is 9.47 Å². The van der Waals surface area contributed by atoms with E-state index < -0.39 is 5.54 Å².